The summed E-state index contributed by atoms with van der Waals surface area (Å²) in [4.78, 5) is 0. The number of alkyl halides is 4. The minimum absolute atomic E-state index is 0.0407. The molecule has 0 aliphatic rings. The molecule has 0 radical (unpaired) electrons. The van der Waals surface area contributed by atoms with Gasteiger partial charge in [-0.3, -0.25) is 0 Å². The van der Waals surface area contributed by atoms with E-state index in [0.717, 1.165) is 6.07 Å². The molecule has 2 aromatic carbocycles. The summed E-state index contributed by atoms with van der Waals surface area (Å²) in [5.41, 5.74) is -0.105. The number of rotatable bonds is 2. The van der Waals surface area contributed by atoms with E-state index < -0.39 is 17.1 Å². The van der Waals surface area contributed by atoms with E-state index in [1.165, 1.54) is 18.2 Å². The van der Waals surface area contributed by atoms with Crippen LogP contribution < -0.4 is 0 Å². The standard InChI is InChI=1S/C14H9Cl2F3/c15-10-7-5-9(6-8-10)13(16)11-3-1-2-4-12(11)14(17,18)19/h1-8,13H. The molecule has 19 heavy (non-hydrogen) atoms. The first-order valence-corrected chi connectivity index (χ1v) is 6.26. The first-order valence-electron chi connectivity index (χ1n) is 5.45. The zero-order valence-electron chi connectivity index (χ0n) is 9.59. The van der Waals surface area contributed by atoms with Crippen molar-refractivity contribution in [2.45, 2.75) is 11.6 Å². The third kappa shape index (κ3) is 3.23. The number of benzene rings is 2. The zero-order valence-corrected chi connectivity index (χ0v) is 11.1. The van der Waals surface area contributed by atoms with Gasteiger partial charge >= 0.3 is 6.18 Å². The summed E-state index contributed by atoms with van der Waals surface area (Å²) in [6, 6.07) is 11.7. The van der Waals surface area contributed by atoms with E-state index in [0.29, 0.717) is 10.6 Å². The van der Waals surface area contributed by atoms with Gasteiger partial charge in [-0.15, -0.1) is 11.6 Å². The molecule has 0 aliphatic heterocycles. The molecule has 0 amide bonds. The summed E-state index contributed by atoms with van der Waals surface area (Å²) >= 11 is 11.9. The summed E-state index contributed by atoms with van der Waals surface area (Å²) < 4.78 is 38.7. The van der Waals surface area contributed by atoms with Crippen molar-refractivity contribution in [2.75, 3.05) is 0 Å². The average Bonchev–Trinajstić information content (AvgIpc) is 2.38. The Kier molecular flexibility index (Phi) is 4.07. The van der Waals surface area contributed by atoms with E-state index in [1.54, 1.807) is 24.3 Å². The van der Waals surface area contributed by atoms with Crippen LogP contribution in [0.4, 0.5) is 13.2 Å². The van der Waals surface area contributed by atoms with E-state index in [4.69, 9.17) is 23.2 Å². The number of hydrogen-bond acceptors (Lipinski definition) is 0. The Hall–Kier alpha value is -1.19. The largest absolute Gasteiger partial charge is 0.416 e. The molecule has 2 rings (SSSR count). The second kappa shape index (κ2) is 5.43. The average molecular weight is 305 g/mol. The van der Waals surface area contributed by atoms with Crippen LogP contribution in [-0.4, -0.2) is 0 Å². The summed E-state index contributed by atoms with van der Waals surface area (Å²) in [5.74, 6) is 0. The molecule has 2 aromatic rings. The smallest absolute Gasteiger partial charge is 0.166 e. The second-order valence-electron chi connectivity index (χ2n) is 4.00. The lowest BCUT2D eigenvalue weighted by Crippen LogP contribution is -2.10. The SMILES string of the molecule is FC(F)(F)c1ccccc1C(Cl)c1ccc(Cl)cc1. The Bertz CT molecular complexity index is 562. The predicted octanol–water partition coefficient (Wildman–Crippen LogP) is 5.69. The zero-order chi connectivity index (χ0) is 14.0. The van der Waals surface area contributed by atoms with Gasteiger partial charge < -0.3 is 0 Å². The molecule has 0 saturated carbocycles. The molecule has 0 N–H and O–H groups in total. The van der Waals surface area contributed by atoms with Gasteiger partial charge in [-0.25, -0.2) is 0 Å². The van der Waals surface area contributed by atoms with Crippen LogP contribution in [-0.2, 0) is 6.18 Å². The molecule has 0 fully saturated rings. The van der Waals surface area contributed by atoms with E-state index in [1.807, 2.05) is 0 Å². The van der Waals surface area contributed by atoms with E-state index in [-0.39, 0.29) is 5.56 Å². The van der Waals surface area contributed by atoms with Gasteiger partial charge in [0.25, 0.3) is 0 Å². The van der Waals surface area contributed by atoms with Crippen LogP contribution >= 0.6 is 23.2 Å². The molecule has 5 heteroatoms. The van der Waals surface area contributed by atoms with Gasteiger partial charge in [-0.1, -0.05) is 41.9 Å². The summed E-state index contributed by atoms with van der Waals surface area (Å²) in [6.07, 6.45) is -4.42. The lowest BCUT2D eigenvalue weighted by atomic mass is 9.99. The summed E-state index contributed by atoms with van der Waals surface area (Å²) in [6.45, 7) is 0. The Morgan fingerprint density at radius 1 is 0.895 bits per heavy atom. The van der Waals surface area contributed by atoms with Crippen LogP contribution in [0.1, 0.15) is 22.1 Å². The maximum atomic E-state index is 12.9. The van der Waals surface area contributed by atoms with Gasteiger partial charge in [0.15, 0.2) is 0 Å². The lowest BCUT2D eigenvalue weighted by molar-refractivity contribution is -0.138. The Morgan fingerprint density at radius 2 is 1.47 bits per heavy atom. The highest BCUT2D eigenvalue weighted by atomic mass is 35.5. The fourth-order valence-corrected chi connectivity index (χ4v) is 2.25. The predicted molar refractivity (Wildman–Crippen MR) is 70.6 cm³/mol. The van der Waals surface area contributed by atoms with Crippen molar-refractivity contribution in [1.82, 2.24) is 0 Å². The van der Waals surface area contributed by atoms with Crippen molar-refractivity contribution >= 4 is 23.2 Å². The molecule has 0 nitrogen and oxygen atoms in total. The van der Waals surface area contributed by atoms with Crippen LogP contribution in [0.25, 0.3) is 0 Å². The van der Waals surface area contributed by atoms with E-state index in [9.17, 15) is 13.2 Å². The van der Waals surface area contributed by atoms with Crippen LogP contribution in [0.3, 0.4) is 0 Å². The number of hydrogen-bond donors (Lipinski definition) is 0. The van der Waals surface area contributed by atoms with Crippen molar-refractivity contribution in [3.63, 3.8) is 0 Å². The van der Waals surface area contributed by atoms with Crippen molar-refractivity contribution in [3.8, 4) is 0 Å². The van der Waals surface area contributed by atoms with E-state index >= 15 is 0 Å². The quantitative estimate of drug-likeness (QED) is 0.625. The molecule has 0 bridgehead atoms. The fraction of sp³-hybridized carbons (Fsp3) is 0.143. The third-order valence-corrected chi connectivity index (χ3v) is 3.44. The molecule has 0 aliphatic carbocycles. The summed E-state index contributed by atoms with van der Waals surface area (Å²) in [7, 11) is 0. The molecule has 1 atom stereocenters. The van der Waals surface area contributed by atoms with Gasteiger partial charge in [0.05, 0.1) is 10.9 Å². The van der Waals surface area contributed by atoms with Crippen LogP contribution in [0.15, 0.2) is 48.5 Å². The van der Waals surface area contributed by atoms with Crippen molar-refractivity contribution in [1.29, 1.82) is 0 Å². The topological polar surface area (TPSA) is 0 Å². The molecule has 0 aromatic heterocycles. The van der Waals surface area contributed by atoms with Crippen LogP contribution in [0.5, 0.6) is 0 Å². The van der Waals surface area contributed by atoms with Gasteiger partial charge in [0, 0.05) is 5.02 Å². The van der Waals surface area contributed by atoms with Gasteiger partial charge in [-0.05, 0) is 29.3 Å². The molecule has 0 spiro atoms. The summed E-state index contributed by atoms with van der Waals surface area (Å²) in [5, 5.41) is -0.355. The molecular weight excluding hydrogens is 296 g/mol. The normalized spacial score (nSPS) is 13.3. The van der Waals surface area contributed by atoms with Gasteiger partial charge in [0.2, 0.25) is 0 Å². The second-order valence-corrected chi connectivity index (χ2v) is 4.87. The Morgan fingerprint density at radius 3 is 2.05 bits per heavy atom. The highest BCUT2D eigenvalue weighted by Crippen LogP contribution is 2.39. The van der Waals surface area contributed by atoms with Crippen molar-refractivity contribution in [3.05, 3.63) is 70.2 Å². The third-order valence-electron chi connectivity index (χ3n) is 2.70. The van der Waals surface area contributed by atoms with Crippen molar-refractivity contribution < 1.29 is 13.2 Å². The molecule has 100 valence electrons. The maximum Gasteiger partial charge on any atom is 0.416 e. The van der Waals surface area contributed by atoms with Gasteiger partial charge in [0.1, 0.15) is 0 Å². The monoisotopic (exact) mass is 304 g/mol. The minimum Gasteiger partial charge on any atom is -0.166 e. The molecular formula is C14H9Cl2F3. The van der Waals surface area contributed by atoms with Crippen molar-refractivity contribution in [2.24, 2.45) is 0 Å². The molecule has 1 unspecified atom stereocenters. The lowest BCUT2D eigenvalue weighted by Gasteiger charge is -2.17. The molecule has 0 heterocycles. The van der Waals surface area contributed by atoms with Crippen LogP contribution in [0, 0.1) is 0 Å². The fourth-order valence-electron chi connectivity index (χ4n) is 1.79. The van der Waals surface area contributed by atoms with E-state index in [2.05, 4.69) is 0 Å². The number of halogens is 5. The first-order chi connectivity index (χ1) is 8.89. The first kappa shape index (κ1) is 14.2. The Balaban J connectivity index is 2.44. The minimum atomic E-state index is -4.42. The Labute approximate surface area is 118 Å². The highest BCUT2D eigenvalue weighted by molar-refractivity contribution is 6.30. The van der Waals surface area contributed by atoms with Gasteiger partial charge in [-0.2, -0.15) is 13.2 Å². The van der Waals surface area contributed by atoms with Crippen LogP contribution in [0.2, 0.25) is 5.02 Å². The highest BCUT2D eigenvalue weighted by Gasteiger charge is 2.34. The molecule has 0 saturated heterocycles. The maximum absolute atomic E-state index is 12.9.